The van der Waals surface area contributed by atoms with Crippen molar-refractivity contribution in [3.8, 4) is 0 Å². The summed E-state index contributed by atoms with van der Waals surface area (Å²) in [7, 11) is 0. The molecule has 114 valence electrons. The van der Waals surface area contributed by atoms with Gasteiger partial charge in [-0.15, -0.1) is 0 Å². The van der Waals surface area contributed by atoms with Gasteiger partial charge in [0.1, 0.15) is 0 Å². The fourth-order valence-electron chi connectivity index (χ4n) is 2.33. The van der Waals surface area contributed by atoms with Gasteiger partial charge in [0.2, 0.25) is 0 Å². The van der Waals surface area contributed by atoms with Crippen molar-refractivity contribution in [2.75, 3.05) is 6.54 Å². The van der Waals surface area contributed by atoms with Gasteiger partial charge in [0, 0.05) is 32.0 Å². The van der Waals surface area contributed by atoms with Crippen LogP contribution in [0.1, 0.15) is 31.4 Å². The first-order chi connectivity index (χ1) is 10.2. The van der Waals surface area contributed by atoms with Crippen LogP contribution in [0, 0.1) is 5.92 Å². The van der Waals surface area contributed by atoms with E-state index in [1.165, 1.54) is 11.1 Å². The first-order valence-electron chi connectivity index (χ1n) is 7.76. The fraction of sp³-hybridized carbons (Fsp3) is 0.444. The fourth-order valence-corrected chi connectivity index (χ4v) is 2.33. The highest BCUT2D eigenvalue weighted by Crippen LogP contribution is 2.08. The minimum atomic E-state index is -0.263. The molecule has 0 saturated carbocycles. The molecule has 3 heteroatoms. The second kappa shape index (κ2) is 8.01. The quantitative estimate of drug-likeness (QED) is 0.782. The van der Waals surface area contributed by atoms with Gasteiger partial charge in [0.25, 0.3) is 0 Å². The molecule has 1 aromatic carbocycles. The summed E-state index contributed by atoms with van der Waals surface area (Å²) in [6, 6.07) is 12.6. The van der Waals surface area contributed by atoms with Crippen LogP contribution in [0.25, 0.3) is 0 Å². The maximum atomic E-state index is 9.93. The van der Waals surface area contributed by atoms with E-state index in [-0.39, 0.29) is 6.10 Å². The van der Waals surface area contributed by atoms with Crippen molar-refractivity contribution >= 4 is 0 Å². The molecular formula is C18H26N2O. The number of hydrogen-bond donors (Lipinski definition) is 2. The number of aliphatic hydroxyl groups is 1. The normalized spacial score (nSPS) is 14.0. The van der Waals surface area contributed by atoms with Gasteiger partial charge < -0.3 is 15.0 Å². The van der Waals surface area contributed by atoms with Gasteiger partial charge in [-0.05, 0) is 23.1 Å². The first-order valence-corrected chi connectivity index (χ1v) is 7.76. The number of aromatic nitrogens is 1. The molecule has 0 fully saturated rings. The van der Waals surface area contributed by atoms with Gasteiger partial charge in [-0.1, -0.05) is 50.6 Å². The predicted octanol–water partition coefficient (Wildman–Crippen LogP) is 3.03. The highest BCUT2D eigenvalue weighted by molar-refractivity contribution is 5.17. The number of benzene rings is 1. The van der Waals surface area contributed by atoms with Crippen molar-refractivity contribution in [3.05, 3.63) is 59.9 Å². The first kappa shape index (κ1) is 15.8. The van der Waals surface area contributed by atoms with Crippen LogP contribution in [-0.2, 0) is 13.1 Å². The molecule has 0 radical (unpaired) electrons. The molecule has 2 unspecified atom stereocenters. The summed E-state index contributed by atoms with van der Waals surface area (Å²) in [6.07, 6.45) is 5.02. The molecule has 0 spiro atoms. The maximum absolute atomic E-state index is 9.93. The SMILES string of the molecule is CCC(C)C(O)CNCc1ccn(Cc2ccccc2)c1. The lowest BCUT2D eigenvalue weighted by atomic mass is 10.0. The molecule has 0 aliphatic heterocycles. The van der Waals surface area contributed by atoms with E-state index in [1.807, 2.05) is 6.07 Å². The zero-order chi connectivity index (χ0) is 15.1. The van der Waals surface area contributed by atoms with Crippen LogP contribution in [0.4, 0.5) is 0 Å². The lowest BCUT2D eigenvalue weighted by Gasteiger charge is -2.17. The van der Waals surface area contributed by atoms with Crippen molar-refractivity contribution in [3.63, 3.8) is 0 Å². The zero-order valence-electron chi connectivity index (χ0n) is 13.0. The largest absolute Gasteiger partial charge is 0.392 e. The molecule has 0 aliphatic rings. The Morgan fingerprint density at radius 2 is 1.90 bits per heavy atom. The molecule has 2 atom stereocenters. The average molecular weight is 286 g/mol. The summed E-state index contributed by atoms with van der Waals surface area (Å²) in [5, 5.41) is 13.3. The Labute approximate surface area is 127 Å². The average Bonchev–Trinajstić information content (AvgIpc) is 2.94. The molecule has 0 saturated heterocycles. The third-order valence-electron chi connectivity index (χ3n) is 4.00. The summed E-state index contributed by atoms with van der Waals surface area (Å²) < 4.78 is 2.19. The van der Waals surface area contributed by atoms with Crippen LogP contribution < -0.4 is 5.32 Å². The number of rotatable bonds is 8. The van der Waals surface area contributed by atoms with E-state index in [4.69, 9.17) is 0 Å². The molecule has 2 aromatic rings. The van der Waals surface area contributed by atoms with E-state index in [0.717, 1.165) is 19.5 Å². The highest BCUT2D eigenvalue weighted by atomic mass is 16.3. The van der Waals surface area contributed by atoms with Gasteiger partial charge in [-0.3, -0.25) is 0 Å². The van der Waals surface area contributed by atoms with Gasteiger partial charge in [-0.25, -0.2) is 0 Å². The third-order valence-corrected chi connectivity index (χ3v) is 4.00. The zero-order valence-corrected chi connectivity index (χ0v) is 13.0. The van der Waals surface area contributed by atoms with E-state index in [0.29, 0.717) is 12.5 Å². The molecule has 0 amide bonds. The minimum absolute atomic E-state index is 0.263. The molecule has 0 aliphatic carbocycles. The number of hydrogen-bond acceptors (Lipinski definition) is 2. The van der Waals surface area contributed by atoms with Gasteiger partial charge in [-0.2, -0.15) is 0 Å². The van der Waals surface area contributed by atoms with Crippen molar-refractivity contribution in [2.45, 2.75) is 39.5 Å². The molecule has 2 rings (SSSR count). The molecule has 1 heterocycles. The Balaban J connectivity index is 1.78. The monoisotopic (exact) mass is 286 g/mol. The molecule has 1 aromatic heterocycles. The third kappa shape index (κ3) is 5.03. The van der Waals surface area contributed by atoms with Gasteiger partial charge >= 0.3 is 0 Å². The van der Waals surface area contributed by atoms with Crippen LogP contribution in [0.15, 0.2) is 48.8 Å². The molecule has 3 nitrogen and oxygen atoms in total. The van der Waals surface area contributed by atoms with E-state index in [9.17, 15) is 5.11 Å². The van der Waals surface area contributed by atoms with Crippen LogP contribution in [0.3, 0.4) is 0 Å². The van der Waals surface area contributed by atoms with E-state index in [2.05, 4.69) is 66.5 Å². The summed E-state index contributed by atoms with van der Waals surface area (Å²) in [4.78, 5) is 0. The Morgan fingerprint density at radius 3 is 2.62 bits per heavy atom. The standard InChI is InChI=1S/C18H26N2O/c1-3-15(2)18(21)12-19-11-17-9-10-20(14-17)13-16-7-5-4-6-8-16/h4-10,14-15,18-19,21H,3,11-13H2,1-2H3. The lowest BCUT2D eigenvalue weighted by molar-refractivity contribution is 0.113. The Hall–Kier alpha value is -1.58. The smallest absolute Gasteiger partial charge is 0.0690 e. The lowest BCUT2D eigenvalue weighted by Crippen LogP contribution is -2.31. The summed E-state index contributed by atoms with van der Waals surface area (Å²) in [6.45, 7) is 6.55. The van der Waals surface area contributed by atoms with Crippen LogP contribution in [0.2, 0.25) is 0 Å². The summed E-state index contributed by atoms with van der Waals surface area (Å²) in [5.74, 6) is 0.347. The molecule has 21 heavy (non-hydrogen) atoms. The van der Waals surface area contributed by atoms with Crippen molar-refractivity contribution < 1.29 is 5.11 Å². The van der Waals surface area contributed by atoms with Crippen LogP contribution in [-0.4, -0.2) is 22.3 Å². The number of nitrogens with one attached hydrogen (secondary N) is 1. The second-order valence-corrected chi connectivity index (χ2v) is 5.76. The number of aliphatic hydroxyl groups excluding tert-OH is 1. The predicted molar refractivity (Wildman–Crippen MR) is 87.1 cm³/mol. The maximum Gasteiger partial charge on any atom is 0.0690 e. The van der Waals surface area contributed by atoms with Crippen molar-refractivity contribution in [1.82, 2.24) is 9.88 Å². The van der Waals surface area contributed by atoms with Crippen molar-refractivity contribution in [1.29, 1.82) is 0 Å². The minimum Gasteiger partial charge on any atom is -0.392 e. The van der Waals surface area contributed by atoms with Crippen LogP contribution >= 0.6 is 0 Å². The van der Waals surface area contributed by atoms with E-state index in [1.54, 1.807) is 0 Å². The topological polar surface area (TPSA) is 37.2 Å². The number of nitrogens with zero attached hydrogens (tertiary/aromatic N) is 1. The van der Waals surface area contributed by atoms with Crippen LogP contribution in [0.5, 0.6) is 0 Å². The summed E-state index contributed by atoms with van der Waals surface area (Å²) in [5.41, 5.74) is 2.56. The molecule has 2 N–H and O–H groups in total. The highest BCUT2D eigenvalue weighted by Gasteiger charge is 2.11. The van der Waals surface area contributed by atoms with Gasteiger partial charge in [0.15, 0.2) is 0 Å². The molecular weight excluding hydrogens is 260 g/mol. The Morgan fingerprint density at radius 1 is 1.14 bits per heavy atom. The van der Waals surface area contributed by atoms with E-state index < -0.39 is 0 Å². The molecule has 0 bridgehead atoms. The Kier molecular flexibility index (Phi) is 6.03. The van der Waals surface area contributed by atoms with Gasteiger partial charge in [0.05, 0.1) is 6.10 Å². The second-order valence-electron chi connectivity index (χ2n) is 5.76. The Bertz CT molecular complexity index is 521. The summed E-state index contributed by atoms with van der Waals surface area (Å²) >= 11 is 0. The van der Waals surface area contributed by atoms with E-state index >= 15 is 0 Å². The van der Waals surface area contributed by atoms with Crippen molar-refractivity contribution in [2.24, 2.45) is 5.92 Å².